The van der Waals surface area contributed by atoms with E-state index in [9.17, 15) is 4.79 Å². The van der Waals surface area contributed by atoms with E-state index >= 15 is 0 Å². The van der Waals surface area contributed by atoms with Gasteiger partial charge in [-0.3, -0.25) is 4.79 Å². The minimum Gasteiger partial charge on any atom is -0.493 e. The highest BCUT2D eigenvalue weighted by atomic mass is 35.5. The van der Waals surface area contributed by atoms with Crippen molar-refractivity contribution in [3.05, 3.63) is 28.8 Å². The zero-order chi connectivity index (χ0) is 12.1. The molecule has 1 rings (SSSR count). The van der Waals surface area contributed by atoms with Crippen LogP contribution in [-0.4, -0.2) is 20.5 Å². The number of methoxy groups -OCH3 is 2. The molecule has 1 aromatic carbocycles. The van der Waals surface area contributed by atoms with Gasteiger partial charge < -0.3 is 9.47 Å². The van der Waals surface area contributed by atoms with Gasteiger partial charge in [0, 0.05) is 10.6 Å². The second-order valence-corrected chi connectivity index (χ2v) is 3.70. The maximum absolute atomic E-state index is 10.9. The summed E-state index contributed by atoms with van der Waals surface area (Å²) in [6, 6.07) is 5.21. The fourth-order valence-electron chi connectivity index (χ4n) is 1.35. The summed E-state index contributed by atoms with van der Waals surface area (Å²) in [5.41, 5.74) is 1.16. The zero-order valence-corrected chi connectivity index (χ0v) is 10.2. The van der Waals surface area contributed by atoms with Crippen LogP contribution < -0.4 is 9.47 Å². The molecule has 0 atom stereocenters. The van der Waals surface area contributed by atoms with Gasteiger partial charge in [-0.1, -0.05) is 17.7 Å². The topological polar surface area (TPSA) is 35.5 Å². The van der Waals surface area contributed by atoms with Crippen LogP contribution in [-0.2, 0) is 4.79 Å². The summed E-state index contributed by atoms with van der Waals surface area (Å²) in [5, 5.41) is 0.446. The smallest absolute Gasteiger partial charge is 0.161 e. The molecule has 86 valence electrons. The third-order valence-corrected chi connectivity index (χ3v) is 2.39. The van der Waals surface area contributed by atoms with E-state index in [0.717, 1.165) is 6.29 Å². The number of ether oxygens (including phenoxy) is 2. The van der Waals surface area contributed by atoms with Gasteiger partial charge in [0.2, 0.25) is 0 Å². The average molecular weight is 241 g/mol. The van der Waals surface area contributed by atoms with Gasteiger partial charge in [0.05, 0.1) is 14.2 Å². The summed E-state index contributed by atoms with van der Waals surface area (Å²) in [4.78, 5) is 10.9. The molecule has 0 amide bonds. The van der Waals surface area contributed by atoms with Crippen molar-refractivity contribution in [2.45, 2.75) is 6.92 Å². The molecule has 0 aliphatic heterocycles. The van der Waals surface area contributed by atoms with Crippen LogP contribution in [0.5, 0.6) is 11.5 Å². The number of rotatable bonds is 4. The summed E-state index contributed by atoms with van der Waals surface area (Å²) in [6.45, 7) is 1.67. The van der Waals surface area contributed by atoms with Crippen molar-refractivity contribution >= 4 is 23.5 Å². The molecule has 0 saturated heterocycles. The van der Waals surface area contributed by atoms with E-state index in [4.69, 9.17) is 21.1 Å². The van der Waals surface area contributed by atoms with Crippen LogP contribution in [0.2, 0.25) is 0 Å². The molecule has 3 nitrogen and oxygen atoms in total. The first-order valence-corrected chi connectivity index (χ1v) is 5.05. The summed E-state index contributed by atoms with van der Waals surface area (Å²) in [7, 11) is 3.10. The van der Waals surface area contributed by atoms with Crippen molar-refractivity contribution in [2.24, 2.45) is 0 Å². The Morgan fingerprint density at radius 1 is 1.25 bits per heavy atom. The van der Waals surface area contributed by atoms with Gasteiger partial charge in [0.15, 0.2) is 17.8 Å². The van der Waals surface area contributed by atoms with Gasteiger partial charge in [-0.25, -0.2) is 0 Å². The first-order valence-electron chi connectivity index (χ1n) is 4.68. The number of carbonyl (C=O) groups is 1. The molecule has 4 heteroatoms. The molecule has 0 N–H and O–H groups in total. The number of allylic oxidation sites excluding steroid dienone is 2. The fraction of sp³-hybridized carbons (Fsp3) is 0.250. The first kappa shape index (κ1) is 12.6. The van der Waals surface area contributed by atoms with Crippen LogP contribution in [0.1, 0.15) is 12.5 Å². The highest BCUT2D eigenvalue weighted by Gasteiger charge is 2.09. The molecule has 0 unspecified atom stereocenters. The Balaban J connectivity index is 3.27. The van der Waals surface area contributed by atoms with Crippen LogP contribution in [0.4, 0.5) is 0 Å². The van der Waals surface area contributed by atoms with E-state index in [1.165, 1.54) is 0 Å². The van der Waals surface area contributed by atoms with Crippen molar-refractivity contribution < 1.29 is 14.3 Å². The van der Waals surface area contributed by atoms with Gasteiger partial charge in [-0.05, 0) is 24.6 Å². The summed E-state index contributed by atoms with van der Waals surface area (Å²) >= 11 is 5.82. The molecule has 1 aromatic rings. The Morgan fingerprint density at radius 3 is 2.31 bits per heavy atom. The lowest BCUT2D eigenvalue weighted by molar-refractivity contribution is -0.103. The Kier molecular flexibility index (Phi) is 4.38. The van der Waals surface area contributed by atoms with Gasteiger partial charge >= 0.3 is 0 Å². The number of carbonyl (C=O) groups excluding carboxylic acids is 1. The van der Waals surface area contributed by atoms with E-state index in [0.29, 0.717) is 27.7 Å². The predicted octanol–water partition coefficient (Wildman–Crippen LogP) is 2.87. The molecule has 0 aliphatic carbocycles. The number of halogens is 1. The van der Waals surface area contributed by atoms with E-state index in [2.05, 4.69) is 0 Å². The van der Waals surface area contributed by atoms with Crippen molar-refractivity contribution in [1.82, 2.24) is 0 Å². The fourth-order valence-corrected chi connectivity index (χ4v) is 1.51. The maximum atomic E-state index is 10.9. The predicted molar refractivity (Wildman–Crippen MR) is 64.1 cm³/mol. The molecule has 0 fully saturated rings. The highest BCUT2D eigenvalue weighted by Crippen LogP contribution is 2.31. The monoisotopic (exact) mass is 240 g/mol. The molecule has 0 aliphatic rings. The molecular formula is C12H13ClO3. The molecule has 0 radical (unpaired) electrons. The quantitative estimate of drug-likeness (QED) is 0.600. The van der Waals surface area contributed by atoms with Crippen LogP contribution in [0.15, 0.2) is 23.2 Å². The lowest BCUT2D eigenvalue weighted by Gasteiger charge is -2.09. The van der Waals surface area contributed by atoms with E-state index in [1.54, 1.807) is 39.3 Å². The molecular weight excluding hydrogens is 228 g/mol. The standard InChI is InChI=1S/C12H13ClO3/c1-8(13)10(7-14)9-4-5-11(15-2)12(6-9)16-3/h4-7H,1-3H3/b10-8-. The first-order chi connectivity index (χ1) is 7.63. The van der Waals surface area contributed by atoms with Gasteiger partial charge in [-0.2, -0.15) is 0 Å². The molecule has 0 saturated carbocycles. The number of benzene rings is 1. The molecule has 0 heterocycles. The highest BCUT2D eigenvalue weighted by molar-refractivity contribution is 6.36. The van der Waals surface area contributed by atoms with Crippen LogP contribution in [0.3, 0.4) is 0 Å². The third-order valence-electron chi connectivity index (χ3n) is 2.18. The van der Waals surface area contributed by atoms with Crippen molar-refractivity contribution in [3.8, 4) is 11.5 Å². The summed E-state index contributed by atoms with van der Waals surface area (Å²) in [5.74, 6) is 1.18. The third kappa shape index (κ3) is 2.55. The Hall–Kier alpha value is -1.48. The molecule has 16 heavy (non-hydrogen) atoms. The van der Waals surface area contributed by atoms with Crippen molar-refractivity contribution in [1.29, 1.82) is 0 Å². The minimum atomic E-state index is 0.446. The van der Waals surface area contributed by atoms with E-state index in [1.807, 2.05) is 0 Å². The zero-order valence-electron chi connectivity index (χ0n) is 9.41. The van der Waals surface area contributed by atoms with E-state index in [-0.39, 0.29) is 0 Å². The average Bonchev–Trinajstić information content (AvgIpc) is 2.29. The SMILES string of the molecule is COc1ccc(/C(C=O)=C(/C)Cl)cc1OC. The number of hydrogen-bond donors (Lipinski definition) is 0. The molecule has 0 aromatic heterocycles. The number of hydrogen-bond acceptors (Lipinski definition) is 3. The van der Waals surface area contributed by atoms with Crippen LogP contribution in [0.25, 0.3) is 5.57 Å². The van der Waals surface area contributed by atoms with Crippen LogP contribution in [0, 0.1) is 0 Å². The second kappa shape index (κ2) is 5.56. The van der Waals surface area contributed by atoms with Crippen molar-refractivity contribution in [2.75, 3.05) is 14.2 Å². The summed E-state index contributed by atoms with van der Waals surface area (Å²) in [6.07, 6.45) is 0.726. The normalized spacial score (nSPS) is 11.8. The second-order valence-electron chi connectivity index (χ2n) is 3.13. The molecule has 0 spiro atoms. The van der Waals surface area contributed by atoms with Gasteiger partial charge in [0.1, 0.15) is 0 Å². The van der Waals surface area contributed by atoms with Crippen molar-refractivity contribution in [3.63, 3.8) is 0 Å². The Bertz CT molecular complexity index is 420. The van der Waals surface area contributed by atoms with E-state index < -0.39 is 0 Å². The lowest BCUT2D eigenvalue weighted by atomic mass is 10.1. The Labute approximate surface area is 99.6 Å². The molecule has 0 bridgehead atoms. The lowest BCUT2D eigenvalue weighted by Crippen LogP contribution is -1.93. The maximum Gasteiger partial charge on any atom is 0.161 e. The minimum absolute atomic E-state index is 0.446. The number of aldehydes is 1. The van der Waals surface area contributed by atoms with Gasteiger partial charge in [-0.15, -0.1) is 0 Å². The van der Waals surface area contributed by atoms with Crippen LogP contribution >= 0.6 is 11.6 Å². The Morgan fingerprint density at radius 2 is 1.88 bits per heavy atom. The summed E-state index contributed by atoms with van der Waals surface area (Å²) < 4.78 is 10.2. The van der Waals surface area contributed by atoms with Gasteiger partial charge in [0.25, 0.3) is 0 Å². The largest absolute Gasteiger partial charge is 0.493 e.